The summed E-state index contributed by atoms with van der Waals surface area (Å²) in [5.41, 5.74) is 0.0501. The lowest BCUT2D eigenvalue weighted by molar-refractivity contribution is -0.384. The predicted octanol–water partition coefficient (Wildman–Crippen LogP) is 3.08. The summed E-state index contributed by atoms with van der Waals surface area (Å²) < 4.78 is 5.95. The third-order valence-corrected chi connectivity index (χ3v) is 5.32. The largest absolute Gasteiger partial charge is 0.482 e. The van der Waals surface area contributed by atoms with Crippen LogP contribution in [0.25, 0.3) is 0 Å². The zero-order chi connectivity index (χ0) is 19.6. The van der Waals surface area contributed by atoms with Gasteiger partial charge in [0.1, 0.15) is 12.3 Å². The van der Waals surface area contributed by atoms with Gasteiger partial charge in [-0.2, -0.15) is 0 Å². The van der Waals surface area contributed by atoms with Crippen molar-refractivity contribution in [3.8, 4) is 5.75 Å². The number of thiophene rings is 1. The van der Waals surface area contributed by atoms with Crippen LogP contribution in [0.5, 0.6) is 5.75 Å². The molecule has 0 N–H and O–H groups in total. The molecule has 0 atom stereocenters. The van der Waals surface area contributed by atoms with Gasteiger partial charge in [-0.1, -0.05) is 11.6 Å². The van der Waals surface area contributed by atoms with E-state index in [4.69, 9.17) is 16.3 Å². The fraction of sp³-hybridized carbons (Fsp3) is 0.294. The van der Waals surface area contributed by atoms with Crippen LogP contribution in [0.4, 0.5) is 11.4 Å². The summed E-state index contributed by atoms with van der Waals surface area (Å²) in [4.78, 5) is 39.3. The molecule has 0 unspecified atom stereocenters. The van der Waals surface area contributed by atoms with E-state index in [0.717, 1.165) is 4.88 Å². The minimum absolute atomic E-state index is 0.176. The van der Waals surface area contributed by atoms with Crippen molar-refractivity contribution in [2.75, 3.05) is 24.6 Å². The summed E-state index contributed by atoms with van der Waals surface area (Å²) in [6, 6.07) is 7.59. The highest BCUT2D eigenvalue weighted by Gasteiger charge is 2.30. The van der Waals surface area contributed by atoms with Crippen LogP contribution in [0.2, 0.25) is 4.34 Å². The van der Waals surface area contributed by atoms with Crippen LogP contribution in [0.1, 0.15) is 11.8 Å². The molecule has 8 nitrogen and oxygen atoms in total. The van der Waals surface area contributed by atoms with Gasteiger partial charge in [0, 0.05) is 23.6 Å². The summed E-state index contributed by atoms with van der Waals surface area (Å²) in [7, 11) is 0. The van der Waals surface area contributed by atoms with E-state index in [-0.39, 0.29) is 30.4 Å². The van der Waals surface area contributed by atoms with Crippen LogP contribution >= 0.6 is 22.9 Å². The second-order valence-electron chi connectivity index (χ2n) is 5.79. The molecule has 0 radical (unpaired) electrons. The topological polar surface area (TPSA) is 93.0 Å². The first-order valence-corrected chi connectivity index (χ1v) is 9.32. The van der Waals surface area contributed by atoms with E-state index in [1.54, 1.807) is 11.0 Å². The Morgan fingerprint density at radius 1 is 1.41 bits per heavy atom. The van der Waals surface area contributed by atoms with Gasteiger partial charge in [-0.05, 0) is 25.1 Å². The first-order valence-electron chi connectivity index (χ1n) is 8.12. The molecule has 0 saturated carbocycles. The minimum atomic E-state index is -0.557. The highest BCUT2D eigenvalue weighted by molar-refractivity contribution is 7.16. The summed E-state index contributed by atoms with van der Waals surface area (Å²) >= 11 is 7.32. The number of amides is 2. The lowest BCUT2D eigenvalue weighted by atomic mass is 10.2. The Labute approximate surface area is 164 Å². The molecule has 0 saturated heterocycles. The highest BCUT2D eigenvalue weighted by Crippen LogP contribution is 2.35. The minimum Gasteiger partial charge on any atom is -0.482 e. The van der Waals surface area contributed by atoms with E-state index in [1.807, 2.05) is 13.0 Å². The molecule has 1 aromatic heterocycles. The molecule has 1 aromatic carbocycles. The van der Waals surface area contributed by atoms with E-state index in [0.29, 0.717) is 23.2 Å². The van der Waals surface area contributed by atoms with Gasteiger partial charge in [-0.3, -0.25) is 24.6 Å². The lowest BCUT2D eigenvalue weighted by Crippen LogP contribution is -2.46. The van der Waals surface area contributed by atoms with Crippen molar-refractivity contribution in [1.82, 2.24) is 4.90 Å². The predicted molar refractivity (Wildman–Crippen MR) is 101 cm³/mol. The van der Waals surface area contributed by atoms with Crippen molar-refractivity contribution in [3.05, 3.63) is 49.7 Å². The number of halogens is 1. The molecule has 0 fully saturated rings. The van der Waals surface area contributed by atoms with Crippen LogP contribution in [0, 0.1) is 10.1 Å². The molecule has 2 aromatic rings. The van der Waals surface area contributed by atoms with E-state index >= 15 is 0 Å². The van der Waals surface area contributed by atoms with E-state index in [9.17, 15) is 19.7 Å². The molecule has 2 heterocycles. The molecule has 10 heteroatoms. The SMILES string of the molecule is CCN(Cc1ccc(Cl)s1)C(=O)CN1C(=O)COc2ccc([N+](=O)[O-])cc21. The second kappa shape index (κ2) is 7.93. The van der Waals surface area contributed by atoms with Crippen LogP contribution in [0.15, 0.2) is 30.3 Å². The number of anilines is 1. The van der Waals surface area contributed by atoms with E-state index in [1.165, 1.54) is 34.4 Å². The fourth-order valence-electron chi connectivity index (χ4n) is 2.71. The van der Waals surface area contributed by atoms with Gasteiger partial charge in [0.05, 0.1) is 21.5 Å². The summed E-state index contributed by atoms with van der Waals surface area (Å²) in [6.07, 6.45) is 0. The maximum atomic E-state index is 12.8. The molecular weight excluding hydrogens is 394 g/mol. The number of nitro groups is 1. The number of nitro benzene ring substituents is 1. The maximum absolute atomic E-state index is 12.8. The Bertz CT molecular complexity index is 900. The highest BCUT2D eigenvalue weighted by atomic mass is 35.5. The van der Waals surface area contributed by atoms with Gasteiger partial charge >= 0.3 is 0 Å². The number of rotatable bonds is 6. The van der Waals surface area contributed by atoms with Crippen molar-refractivity contribution in [1.29, 1.82) is 0 Å². The molecule has 27 heavy (non-hydrogen) atoms. The molecule has 1 aliphatic rings. The van der Waals surface area contributed by atoms with Gasteiger partial charge < -0.3 is 9.64 Å². The number of hydrogen-bond acceptors (Lipinski definition) is 6. The number of benzene rings is 1. The molecular formula is C17H16ClN3O5S. The number of carbonyl (C=O) groups excluding carboxylic acids is 2. The van der Waals surface area contributed by atoms with Crippen molar-refractivity contribution in [3.63, 3.8) is 0 Å². The summed E-state index contributed by atoms with van der Waals surface area (Å²) in [6.45, 7) is 2.24. The Hall–Kier alpha value is -2.65. The van der Waals surface area contributed by atoms with Crippen molar-refractivity contribution >= 4 is 46.1 Å². The Kier molecular flexibility index (Phi) is 5.62. The number of non-ortho nitro benzene ring substituents is 1. The normalized spacial score (nSPS) is 13.1. The first-order chi connectivity index (χ1) is 12.9. The number of carbonyl (C=O) groups is 2. The third kappa shape index (κ3) is 4.20. The Balaban J connectivity index is 1.81. The standard InChI is InChI=1S/C17H16ClN3O5S/c1-2-19(8-12-4-6-15(18)27-12)16(22)9-20-13-7-11(21(24)25)3-5-14(13)26-10-17(20)23/h3-7H,2,8-10H2,1H3. The molecule has 0 aliphatic carbocycles. The van der Waals surface area contributed by atoms with E-state index in [2.05, 4.69) is 0 Å². The third-order valence-electron chi connectivity index (χ3n) is 4.10. The van der Waals surface area contributed by atoms with Crippen LogP contribution in [-0.2, 0) is 16.1 Å². The maximum Gasteiger partial charge on any atom is 0.271 e. The zero-order valence-corrected chi connectivity index (χ0v) is 16.0. The number of ether oxygens (including phenoxy) is 1. The van der Waals surface area contributed by atoms with Gasteiger partial charge in [0.15, 0.2) is 6.61 Å². The van der Waals surface area contributed by atoms with Crippen molar-refractivity contribution in [2.45, 2.75) is 13.5 Å². The number of fused-ring (bicyclic) bond motifs is 1. The zero-order valence-electron chi connectivity index (χ0n) is 14.4. The molecule has 0 bridgehead atoms. The molecule has 1 aliphatic heterocycles. The molecule has 0 spiro atoms. The quantitative estimate of drug-likeness (QED) is 0.540. The van der Waals surface area contributed by atoms with Gasteiger partial charge in [0.25, 0.3) is 11.6 Å². The second-order valence-corrected chi connectivity index (χ2v) is 7.59. The summed E-state index contributed by atoms with van der Waals surface area (Å²) in [5.74, 6) is -0.359. The van der Waals surface area contributed by atoms with Crippen LogP contribution in [-0.4, -0.2) is 41.3 Å². The molecule has 3 rings (SSSR count). The van der Waals surface area contributed by atoms with Gasteiger partial charge in [-0.25, -0.2) is 0 Å². The average molecular weight is 410 g/mol. The van der Waals surface area contributed by atoms with Crippen LogP contribution in [0.3, 0.4) is 0 Å². The molecule has 2 amide bonds. The van der Waals surface area contributed by atoms with Crippen LogP contribution < -0.4 is 9.64 Å². The number of hydrogen-bond donors (Lipinski definition) is 0. The van der Waals surface area contributed by atoms with Gasteiger partial charge in [0.2, 0.25) is 5.91 Å². The van der Waals surface area contributed by atoms with Crippen molar-refractivity contribution < 1.29 is 19.2 Å². The summed E-state index contributed by atoms with van der Waals surface area (Å²) in [5, 5.41) is 11.0. The number of likely N-dealkylation sites (N-methyl/N-ethyl adjacent to an activating group) is 1. The van der Waals surface area contributed by atoms with Crippen molar-refractivity contribution in [2.24, 2.45) is 0 Å². The lowest BCUT2D eigenvalue weighted by Gasteiger charge is -2.30. The van der Waals surface area contributed by atoms with E-state index < -0.39 is 10.8 Å². The average Bonchev–Trinajstić information content (AvgIpc) is 3.06. The van der Waals surface area contributed by atoms with Gasteiger partial charge in [-0.15, -0.1) is 11.3 Å². The first kappa shape index (κ1) is 19.1. The Morgan fingerprint density at radius 3 is 2.81 bits per heavy atom. The smallest absolute Gasteiger partial charge is 0.271 e. The number of nitrogens with zero attached hydrogens (tertiary/aromatic N) is 3. The Morgan fingerprint density at radius 2 is 2.19 bits per heavy atom. The fourth-order valence-corrected chi connectivity index (χ4v) is 3.82. The molecule has 142 valence electrons. The monoisotopic (exact) mass is 409 g/mol.